The summed E-state index contributed by atoms with van der Waals surface area (Å²) in [6.45, 7) is 4.32. The fourth-order valence-corrected chi connectivity index (χ4v) is 4.08. The Morgan fingerprint density at radius 2 is 2.12 bits per heavy atom. The first-order chi connectivity index (χ1) is 8.24. The lowest BCUT2D eigenvalue weighted by Crippen LogP contribution is -2.50. The van der Waals surface area contributed by atoms with Crippen LogP contribution in [0.3, 0.4) is 0 Å². The van der Waals surface area contributed by atoms with Gasteiger partial charge in [-0.1, -0.05) is 13.3 Å². The van der Waals surface area contributed by atoms with Gasteiger partial charge in [-0.25, -0.2) is 0 Å². The van der Waals surface area contributed by atoms with E-state index >= 15 is 0 Å². The van der Waals surface area contributed by atoms with Crippen molar-refractivity contribution in [1.29, 1.82) is 0 Å². The van der Waals surface area contributed by atoms with Crippen LogP contribution in [0.25, 0.3) is 0 Å². The lowest BCUT2D eigenvalue weighted by molar-refractivity contribution is -0.127. The summed E-state index contributed by atoms with van der Waals surface area (Å²) in [4.78, 5) is 12.3. The molecule has 1 amide bonds. The third-order valence-corrected chi connectivity index (χ3v) is 5.19. The van der Waals surface area contributed by atoms with Crippen LogP contribution in [0.4, 0.5) is 0 Å². The van der Waals surface area contributed by atoms with Crippen molar-refractivity contribution in [3.05, 3.63) is 0 Å². The minimum Gasteiger partial charge on any atom is -0.353 e. The first kappa shape index (κ1) is 11.5. The highest BCUT2D eigenvalue weighted by Crippen LogP contribution is 2.48. The van der Waals surface area contributed by atoms with E-state index in [-0.39, 0.29) is 0 Å². The van der Waals surface area contributed by atoms with Crippen LogP contribution in [-0.4, -0.2) is 25.0 Å². The molecule has 5 unspecified atom stereocenters. The van der Waals surface area contributed by atoms with Gasteiger partial charge in [-0.3, -0.25) is 4.79 Å². The lowest BCUT2D eigenvalue weighted by Gasteiger charge is -2.32. The first-order valence-electron chi connectivity index (χ1n) is 7.25. The standard InChI is InChI=1S/C14H24N2O/c1-9-8-15-5-4-13(9)16-14(17)12-7-10-2-3-11(12)6-10/h9-13,15H,2-8H2,1H3,(H,16,17). The molecule has 0 aromatic rings. The molecule has 3 heteroatoms. The second kappa shape index (κ2) is 4.60. The molecule has 0 aromatic carbocycles. The van der Waals surface area contributed by atoms with Gasteiger partial charge in [-0.2, -0.15) is 0 Å². The highest BCUT2D eigenvalue weighted by atomic mass is 16.2. The zero-order valence-electron chi connectivity index (χ0n) is 10.7. The SMILES string of the molecule is CC1CNCCC1NC(=O)C1CC2CCC1C2. The average Bonchev–Trinajstić information content (AvgIpc) is 2.94. The summed E-state index contributed by atoms with van der Waals surface area (Å²) in [5, 5.41) is 6.70. The molecule has 1 saturated heterocycles. The quantitative estimate of drug-likeness (QED) is 0.763. The highest BCUT2D eigenvalue weighted by molar-refractivity contribution is 5.79. The number of hydrogen-bond donors (Lipinski definition) is 2. The van der Waals surface area contributed by atoms with Gasteiger partial charge < -0.3 is 10.6 Å². The van der Waals surface area contributed by atoms with Crippen molar-refractivity contribution in [2.45, 2.75) is 45.1 Å². The van der Waals surface area contributed by atoms with Gasteiger partial charge in [0.05, 0.1) is 0 Å². The van der Waals surface area contributed by atoms with E-state index in [1.807, 2.05) is 0 Å². The smallest absolute Gasteiger partial charge is 0.223 e. The van der Waals surface area contributed by atoms with E-state index in [2.05, 4.69) is 17.6 Å². The normalized spacial score (nSPS) is 44.9. The van der Waals surface area contributed by atoms with Crippen molar-refractivity contribution < 1.29 is 4.79 Å². The molecule has 3 aliphatic rings. The molecule has 0 radical (unpaired) electrons. The van der Waals surface area contributed by atoms with Crippen LogP contribution < -0.4 is 10.6 Å². The summed E-state index contributed by atoms with van der Waals surface area (Å²) in [6, 6.07) is 0.405. The zero-order valence-corrected chi connectivity index (χ0v) is 10.7. The maximum absolute atomic E-state index is 12.3. The number of fused-ring (bicyclic) bond motifs is 2. The van der Waals surface area contributed by atoms with Gasteiger partial charge in [-0.05, 0) is 56.5 Å². The van der Waals surface area contributed by atoms with Crippen LogP contribution in [0.5, 0.6) is 0 Å². The molecule has 0 aromatic heterocycles. The van der Waals surface area contributed by atoms with Crippen LogP contribution in [-0.2, 0) is 4.79 Å². The van der Waals surface area contributed by atoms with Gasteiger partial charge in [0.1, 0.15) is 0 Å². The predicted molar refractivity (Wildman–Crippen MR) is 67.5 cm³/mol. The van der Waals surface area contributed by atoms with Crippen molar-refractivity contribution in [1.82, 2.24) is 10.6 Å². The fourth-order valence-electron chi connectivity index (χ4n) is 4.08. The third-order valence-electron chi connectivity index (χ3n) is 5.19. The first-order valence-corrected chi connectivity index (χ1v) is 7.25. The molecule has 0 spiro atoms. The van der Waals surface area contributed by atoms with E-state index in [1.54, 1.807) is 0 Å². The Hall–Kier alpha value is -0.570. The van der Waals surface area contributed by atoms with Crippen molar-refractivity contribution >= 4 is 5.91 Å². The molecule has 2 aliphatic carbocycles. The summed E-state index contributed by atoms with van der Waals surface area (Å²) < 4.78 is 0. The van der Waals surface area contributed by atoms with Crippen LogP contribution in [0.1, 0.15) is 39.0 Å². The van der Waals surface area contributed by atoms with E-state index in [0.717, 1.165) is 31.8 Å². The molecule has 96 valence electrons. The lowest BCUT2D eigenvalue weighted by atomic mass is 9.87. The minimum absolute atomic E-state index is 0.343. The summed E-state index contributed by atoms with van der Waals surface area (Å²) in [5.41, 5.74) is 0. The van der Waals surface area contributed by atoms with Crippen LogP contribution in [0.2, 0.25) is 0 Å². The number of carbonyl (C=O) groups excluding carboxylic acids is 1. The van der Waals surface area contributed by atoms with Gasteiger partial charge in [0.15, 0.2) is 0 Å². The molecule has 1 aliphatic heterocycles. The molecule has 17 heavy (non-hydrogen) atoms. The van der Waals surface area contributed by atoms with Gasteiger partial charge in [0.2, 0.25) is 5.91 Å². The van der Waals surface area contributed by atoms with Gasteiger partial charge in [0, 0.05) is 12.0 Å². The molecular formula is C14H24N2O. The molecule has 5 atom stereocenters. The molecular weight excluding hydrogens is 212 g/mol. The Kier molecular flexibility index (Phi) is 3.12. The van der Waals surface area contributed by atoms with E-state index < -0.39 is 0 Å². The molecule has 1 heterocycles. The third kappa shape index (κ3) is 2.22. The second-order valence-corrected chi connectivity index (χ2v) is 6.37. The van der Waals surface area contributed by atoms with Crippen molar-refractivity contribution in [3.63, 3.8) is 0 Å². The Labute approximate surface area is 104 Å². The van der Waals surface area contributed by atoms with Crippen molar-refractivity contribution in [2.24, 2.45) is 23.7 Å². The van der Waals surface area contributed by atoms with Gasteiger partial charge in [0.25, 0.3) is 0 Å². The Morgan fingerprint density at radius 3 is 2.76 bits per heavy atom. The number of rotatable bonds is 2. The molecule has 2 saturated carbocycles. The Morgan fingerprint density at radius 1 is 1.24 bits per heavy atom. The number of carbonyl (C=O) groups is 1. The summed E-state index contributed by atoms with van der Waals surface area (Å²) in [6.07, 6.45) is 6.24. The predicted octanol–water partition coefficient (Wildman–Crippen LogP) is 1.54. The van der Waals surface area contributed by atoms with E-state index in [9.17, 15) is 4.79 Å². The number of nitrogens with one attached hydrogen (secondary N) is 2. The van der Waals surface area contributed by atoms with E-state index in [4.69, 9.17) is 0 Å². The number of amides is 1. The fraction of sp³-hybridized carbons (Fsp3) is 0.929. The average molecular weight is 236 g/mol. The number of piperidine rings is 1. The minimum atomic E-state index is 0.343. The largest absolute Gasteiger partial charge is 0.353 e. The van der Waals surface area contributed by atoms with Crippen LogP contribution in [0, 0.1) is 23.7 Å². The summed E-state index contributed by atoms with van der Waals surface area (Å²) >= 11 is 0. The van der Waals surface area contributed by atoms with Crippen LogP contribution in [0.15, 0.2) is 0 Å². The highest BCUT2D eigenvalue weighted by Gasteiger charge is 2.43. The molecule has 2 bridgehead atoms. The van der Waals surface area contributed by atoms with Crippen molar-refractivity contribution in [2.75, 3.05) is 13.1 Å². The summed E-state index contributed by atoms with van der Waals surface area (Å²) in [7, 11) is 0. The maximum atomic E-state index is 12.3. The van der Waals surface area contributed by atoms with Crippen molar-refractivity contribution in [3.8, 4) is 0 Å². The monoisotopic (exact) mass is 236 g/mol. The van der Waals surface area contributed by atoms with Crippen LogP contribution >= 0.6 is 0 Å². The Balaban J connectivity index is 1.56. The second-order valence-electron chi connectivity index (χ2n) is 6.37. The summed E-state index contributed by atoms with van der Waals surface area (Å²) in [5.74, 6) is 2.84. The molecule has 3 nitrogen and oxygen atoms in total. The molecule has 3 rings (SSSR count). The zero-order chi connectivity index (χ0) is 11.8. The van der Waals surface area contributed by atoms with Gasteiger partial charge in [-0.15, -0.1) is 0 Å². The van der Waals surface area contributed by atoms with E-state index in [1.165, 1.54) is 19.3 Å². The molecule has 3 fully saturated rings. The maximum Gasteiger partial charge on any atom is 0.223 e. The number of hydrogen-bond acceptors (Lipinski definition) is 2. The van der Waals surface area contributed by atoms with E-state index in [0.29, 0.717) is 29.7 Å². The molecule has 2 N–H and O–H groups in total. The topological polar surface area (TPSA) is 41.1 Å². The van der Waals surface area contributed by atoms with Gasteiger partial charge >= 0.3 is 0 Å². The Bertz CT molecular complexity index is 305.